The minimum Gasteiger partial charge on any atom is -0.476 e. The lowest BCUT2D eigenvalue weighted by atomic mass is 10.1. The van der Waals surface area contributed by atoms with E-state index in [0.717, 1.165) is 5.82 Å². The predicted molar refractivity (Wildman–Crippen MR) is 76.4 cm³/mol. The number of aromatic nitrogens is 1. The summed E-state index contributed by atoms with van der Waals surface area (Å²) in [5.41, 5.74) is 5.65. The first kappa shape index (κ1) is 13.9. The van der Waals surface area contributed by atoms with Crippen molar-refractivity contribution >= 4 is 11.5 Å². The van der Waals surface area contributed by atoms with E-state index in [1.54, 1.807) is 19.9 Å². The van der Waals surface area contributed by atoms with Gasteiger partial charge in [-0.1, -0.05) is 0 Å². The van der Waals surface area contributed by atoms with E-state index in [0.29, 0.717) is 30.6 Å². The zero-order valence-corrected chi connectivity index (χ0v) is 11.9. The van der Waals surface area contributed by atoms with Crippen LogP contribution in [0, 0.1) is 5.92 Å². The summed E-state index contributed by atoms with van der Waals surface area (Å²) in [5.74, 6) is 1.91. The van der Waals surface area contributed by atoms with E-state index in [9.17, 15) is 5.11 Å². The molecule has 1 saturated carbocycles. The van der Waals surface area contributed by atoms with E-state index in [1.807, 2.05) is 18.0 Å². The Balaban J connectivity index is 2.05. The van der Waals surface area contributed by atoms with E-state index in [4.69, 9.17) is 10.5 Å². The summed E-state index contributed by atoms with van der Waals surface area (Å²) >= 11 is 0. The first-order valence-corrected chi connectivity index (χ1v) is 6.68. The van der Waals surface area contributed by atoms with Crippen LogP contribution >= 0.6 is 0 Å². The van der Waals surface area contributed by atoms with Crippen LogP contribution in [0.25, 0.3) is 0 Å². The summed E-state index contributed by atoms with van der Waals surface area (Å²) in [6.45, 7) is 4.72. The fourth-order valence-electron chi connectivity index (χ4n) is 1.91. The largest absolute Gasteiger partial charge is 0.476 e. The summed E-state index contributed by atoms with van der Waals surface area (Å²) in [5, 5.41) is 9.83. The van der Waals surface area contributed by atoms with Gasteiger partial charge in [-0.05, 0) is 44.7 Å². The van der Waals surface area contributed by atoms with Crippen LogP contribution in [-0.2, 0) is 0 Å². The number of ether oxygens (including phenoxy) is 1. The van der Waals surface area contributed by atoms with Gasteiger partial charge in [0.15, 0.2) is 0 Å². The van der Waals surface area contributed by atoms with Gasteiger partial charge >= 0.3 is 0 Å². The SMILES string of the molecule is CN(CC(C)(C)O)c1ccc(N)c(OCC2CC2)n1. The monoisotopic (exact) mass is 265 g/mol. The number of hydrogen-bond donors (Lipinski definition) is 2. The Morgan fingerprint density at radius 2 is 2.16 bits per heavy atom. The highest BCUT2D eigenvalue weighted by Gasteiger charge is 2.23. The van der Waals surface area contributed by atoms with Crippen LogP contribution in [0.15, 0.2) is 12.1 Å². The number of aliphatic hydroxyl groups is 1. The molecule has 1 heterocycles. The first-order valence-electron chi connectivity index (χ1n) is 6.68. The van der Waals surface area contributed by atoms with E-state index >= 15 is 0 Å². The van der Waals surface area contributed by atoms with Gasteiger partial charge in [0.1, 0.15) is 5.82 Å². The molecule has 0 aliphatic heterocycles. The highest BCUT2D eigenvalue weighted by molar-refractivity contribution is 5.54. The lowest BCUT2D eigenvalue weighted by Gasteiger charge is -2.26. The number of hydrogen-bond acceptors (Lipinski definition) is 5. The highest BCUT2D eigenvalue weighted by Crippen LogP contribution is 2.31. The normalized spacial score (nSPS) is 15.4. The second-order valence-corrected chi connectivity index (χ2v) is 5.99. The molecule has 5 nitrogen and oxygen atoms in total. The molecule has 1 fully saturated rings. The zero-order valence-electron chi connectivity index (χ0n) is 11.9. The number of rotatable bonds is 6. The molecule has 0 atom stereocenters. The fourth-order valence-corrected chi connectivity index (χ4v) is 1.91. The smallest absolute Gasteiger partial charge is 0.239 e. The molecule has 19 heavy (non-hydrogen) atoms. The molecule has 0 amide bonds. The van der Waals surface area contributed by atoms with E-state index in [2.05, 4.69) is 4.98 Å². The molecule has 2 rings (SSSR count). The van der Waals surface area contributed by atoms with Crippen LogP contribution in [0.3, 0.4) is 0 Å². The molecule has 1 aromatic heterocycles. The van der Waals surface area contributed by atoms with Crippen molar-refractivity contribution in [3.05, 3.63) is 12.1 Å². The first-order chi connectivity index (χ1) is 8.85. The van der Waals surface area contributed by atoms with Gasteiger partial charge in [0.2, 0.25) is 5.88 Å². The average molecular weight is 265 g/mol. The number of nitrogens with zero attached hydrogens (tertiary/aromatic N) is 2. The van der Waals surface area contributed by atoms with Gasteiger partial charge in [-0.25, -0.2) is 0 Å². The van der Waals surface area contributed by atoms with Gasteiger partial charge in [-0.2, -0.15) is 4.98 Å². The summed E-state index contributed by atoms with van der Waals surface area (Å²) in [6, 6.07) is 3.64. The maximum atomic E-state index is 9.83. The summed E-state index contributed by atoms with van der Waals surface area (Å²) in [6.07, 6.45) is 2.47. The molecule has 0 aromatic carbocycles. The Hall–Kier alpha value is -1.49. The van der Waals surface area contributed by atoms with Crippen molar-refractivity contribution in [3.63, 3.8) is 0 Å². The van der Waals surface area contributed by atoms with Crippen molar-refractivity contribution < 1.29 is 9.84 Å². The summed E-state index contributed by atoms with van der Waals surface area (Å²) in [7, 11) is 1.89. The van der Waals surface area contributed by atoms with Crippen LogP contribution in [0.1, 0.15) is 26.7 Å². The molecule has 5 heteroatoms. The molecule has 106 valence electrons. The molecular weight excluding hydrogens is 242 g/mol. The summed E-state index contributed by atoms with van der Waals surface area (Å²) < 4.78 is 5.66. The number of pyridine rings is 1. The minimum atomic E-state index is -0.771. The number of anilines is 2. The third-order valence-electron chi connectivity index (χ3n) is 3.04. The molecule has 0 bridgehead atoms. The van der Waals surface area contributed by atoms with Crippen LogP contribution in [0.5, 0.6) is 5.88 Å². The Morgan fingerprint density at radius 3 is 2.74 bits per heavy atom. The molecule has 1 aliphatic rings. The molecule has 0 unspecified atom stereocenters. The Labute approximate surface area is 114 Å². The lowest BCUT2D eigenvalue weighted by Crippen LogP contribution is -2.36. The van der Waals surface area contributed by atoms with Gasteiger partial charge in [0, 0.05) is 13.6 Å². The van der Waals surface area contributed by atoms with Gasteiger partial charge < -0.3 is 20.5 Å². The van der Waals surface area contributed by atoms with Crippen LogP contribution in [-0.4, -0.2) is 35.9 Å². The van der Waals surface area contributed by atoms with Crippen molar-refractivity contribution in [2.45, 2.75) is 32.3 Å². The number of likely N-dealkylation sites (N-methyl/N-ethyl adjacent to an activating group) is 1. The van der Waals surface area contributed by atoms with Crippen molar-refractivity contribution in [2.75, 3.05) is 30.8 Å². The van der Waals surface area contributed by atoms with Crippen LogP contribution in [0.2, 0.25) is 0 Å². The number of nitrogen functional groups attached to an aromatic ring is 1. The molecular formula is C14H23N3O2. The van der Waals surface area contributed by atoms with Gasteiger partial charge in [0.25, 0.3) is 0 Å². The van der Waals surface area contributed by atoms with Gasteiger partial charge in [-0.3, -0.25) is 0 Å². The second-order valence-electron chi connectivity index (χ2n) is 5.99. The third kappa shape index (κ3) is 4.28. The molecule has 1 aromatic rings. The maximum Gasteiger partial charge on any atom is 0.239 e. The van der Waals surface area contributed by atoms with E-state index in [-0.39, 0.29) is 0 Å². The Bertz CT molecular complexity index is 439. The molecule has 0 spiro atoms. The topological polar surface area (TPSA) is 71.6 Å². The highest BCUT2D eigenvalue weighted by atomic mass is 16.5. The molecule has 0 saturated heterocycles. The predicted octanol–water partition coefficient (Wildman–Crippen LogP) is 1.66. The lowest BCUT2D eigenvalue weighted by molar-refractivity contribution is 0.0884. The molecule has 0 radical (unpaired) electrons. The fraction of sp³-hybridized carbons (Fsp3) is 0.643. The van der Waals surface area contributed by atoms with Crippen molar-refractivity contribution in [2.24, 2.45) is 5.92 Å². The van der Waals surface area contributed by atoms with Crippen molar-refractivity contribution in [1.29, 1.82) is 0 Å². The third-order valence-corrected chi connectivity index (χ3v) is 3.04. The minimum absolute atomic E-state index is 0.492. The van der Waals surface area contributed by atoms with Crippen molar-refractivity contribution in [1.82, 2.24) is 4.98 Å². The second kappa shape index (κ2) is 5.25. The van der Waals surface area contributed by atoms with E-state index in [1.165, 1.54) is 12.8 Å². The Morgan fingerprint density at radius 1 is 1.47 bits per heavy atom. The molecule has 3 N–H and O–H groups in total. The molecule has 1 aliphatic carbocycles. The van der Waals surface area contributed by atoms with Crippen LogP contribution < -0.4 is 15.4 Å². The van der Waals surface area contributed by atoms with E-state index < -0.39 is 5.60 Å². The summed E-state index contributed by atoms with van der Waals surface area (Å²) in [4.78, 5) is 6.32. The van der Waals surface area contributed by atoms with Crippen molar-refractivity contribution in [3.8, 4) is 5.88 Å². The van der Waals surface area contributed by atoms with Gasteiger partial charge in [-0.15, -0.1) is 0 Å². The van der Waals surface area contributed by atoms with Gasteiger partial charge in [0.05, 0.1) is 17.9 Å². The quantitative estimate of drug-likeness (QED) is 0.818. The standard InChI is InChI=1S/C14H23N3O2/c1-14(2,18)9-17(3)12-7-6-11(15)13(16-12)19-8-10-4-5-10/h6-7,10,18H,4-5,8-9,15H2,1-3H3. The Kier molecular flexibility index (Phi) is 3.85. The number of nitrogens with two attached hydrogens (primary N) is 1. The average Bonchev–Trinajstić information content (AvgIpc) is 3.09. The maximum absolute atomic E-state index is 9.83. The zero-order chi connectivity index (χ0) is 14.0. The van der Waals surface area contributed by atoms with Crippen LogP contribution in [0.4, 0.5) is 11.5 Å².